The van der Waals surface area contributed by atoms with Gasteiger partial charge in [-0.1, -0.05) is 13.3 Å². The molecule has 0 fully saturated rings. The van der Waals surface area contributed by atoms with Gasteiger partial charge in [-0.3, -0.25) is 10.1 Å². The van der Waals surface area contributed by atoms with Crippen LogP contribution in [0, 0.1) is 16.0 Å². The Morgan fingerprint density at radius 1 is 1.47 bits per heavy atom. The van der Waals surface area contributed by atoms with Crippen LogP contribution in [0.5, 0.6) is 0 Å². The van der Waals surface area contributed by atoms with Crippen LogP contribution < -0.4 is 11.1 Å². The number of aliphatic hydroxyl groups is 1. The minimum absolute atomic E-state index is 0.0106. The number of nitrogens with zero attached hydrogens (tertiary/aromatic N) is 1. The molecule has 0 aliphatic heterocycles. The lowest BCUT2D eigenvalue weighted by Crippen LogP contribution is -2.16. The summed E-state index contributed by atoms with van der Waals surface area (Å²) in [6, 6.07) is 4.40. The molecule has 0 saturated carbocycles. The number of hydrogen-bond donors (Lipinski definition) is 3. The summed E-state index contributed by atoms with van der Waals surface area (Å²) < 4.78 is 0. The number of hydrogen-bond acceptors (Lipinski definition) is 5. The molecule has 1 unspecified atom stereocenters. The van der Waals surface area contributed by atoms with Gasteiger partial charge in [-0.05, 0) is 24.8 Å². The number of anilines is 2. The van der Waals surface area contributed by atoms with E-state index in [1.165, 1.54) is 12.1 Å². The molecule has 0 spiro atoms. The summed E-state index contributed by atoms with van der Waals surface area (Å²) >= 11 is 0. The van der Waals surface area contributed by atoms with Crippen LogP contribution in [0.3, 0.4) is 0 Å². The van der Waals surface area contributed by atoms with Crippen LogP contribution in [-0.2, 0) is 0 Å². The van der Waals surface area contributed by atoms with Gasteiger partial charge in [0.1, 0.15) is 0 Å². The molecular weight excluding hydrogens is 246 g/mol. The van der Waals surface area contributed by atoms with E-state index in [-0.39, 0.29) is 12.3 Å². The van der Waals surface area contributed by atoms with Crippen LogP contribution in [0.2, 0.25) is 0 Å². The Morgan fingerprint density at radius 2 is 2.21 bits per heavy atom. The van der Waals surface area contributed by atoms with Gasteiger partial charge in [0, 0.05) is 25.3 Å². The molecule has 4 N–H and O–H groups in total. The summed E-state index contributed by atoms with van der Waals surface area (Å²) in [6.07, 6.45) is 2.83. The number of non-ortho nitro benzene ring substituents is 1. The monoisotopic (exact) mass is 267 g/mol. The largest absolute Gasteiger partial charge is 0.397 e. The van der Waals surface area contributed by atoms with Gasteiger partial charge in [-0.2, -0.15) is 0 Å². The third kappa shape index (κ3) is 4.75. The fraction of sp³-hybridized carbons (Fsp3) is 0.538. The predicted molar refractivity (Wildman–Crippen MR) is 76.1 cm³/mol. The van der Waals surface area contributed by atoms with Crippen LogP contribution in [0.4, 0.5) is 17.1 Å². The Balaban J connectivity index is 2.63. The second-order valence-electron chi connectivity index (χ2n) is 4.58. The number of aliphatic hydroxyl groups excluding tert-OH is 1. The van der Waals surface area contributed by atoms with Gasteiger partial charge in [0.05, 0.1) is 16.3 Å². The summed E-state index contributed by atoms with van der Waals surface area (Å²) in [5, 5.41) is 22.8. The average Bonchev–Trinajstić information content (AvgIpc) is 2.37. The molecule has 0 aliphatic rings. The van der Waals surface area contributed by atoms with Gasteiger partial charge in [-0.25, -0.2) is 0 Å². The Bertz CT molecular complexity index is 418. The maximum Gasteiger partial charge on any atom is 0.271 e. The second kappa shape index (κ2) is 7.58. The van der Waals surface area contributed by atoms with Crippen molar-refractivity contribution in [3.63, 3.8) is 0 Å². The highest BCUT2D eigenvalue weighted by Gasteiger charge is 2.11. The zero-order chi connectivity index (χ0) is 14.3. The van der Waals surface area contributed by atoms with Crippen LogP contribution in [0.25, 0.3) is 0 Å². The van der Waals surface area contributed by atoms with E-state index >= 15 is 0 Å². The number of rotatable bonds is 8. The van der Waals surface area contributed by atoms with Crippen molar-refractivity contribution in [1.82, 2.24) is 0 Å². The Morgan fingerprint density at radius 3 is 2.74 bits per heavy atom. The SMILES string of the molecule is CCCC(CCO)CNc1ccc([N+](=O)[O-])cc1N. The maximum absolute atomic E-state index is 10.6. The van der Waals surface area contributed by atoms with Gasteiger partial charge in [0.2, 0.25) is 0 Å². The van der Waals surface area contributed by atoms with Crippen molar-refractivity contribution >= 4 is 17.1 Å². The standard InChI is InChI=1S/C13H21N3O3/c1-2-3-10(6-7-17)9-15-13-5-4-11(16(18)19)8-12(13)14/h4-5,8,10,15,17H,2-3,6-7,9,14H2,1H3. The predicted octanol–water partition coefficient (Wildman–Crippen LogP) is 2.39. The van der Waals surface area contributed by atoms with Crippen LogP contribution in [0.15, 0.2) is 18.2 Å². The number of nitro benzene ring substituents is 1. The smallest absolute Gasteiger partial charge is 0.271 e. The summed E-state index contributed by atoms with van der Waals surface area (Å²) in [5.41, 5.74) is 6.83. The first-order chi connectivity index (χ1) is 9.08. The first kappa shape index (κ1) is 15.2. The van der Waals surface area contributed by atoms with Gasteiger partial charge in [-0.15, -0.1) is 0 Å². The quantitative estimate of drug-likeness (QED) is 0.381. The zero-order valence-electron chi connectivity index (χ0n) is 11.1. The first-order valence-corrected chi connectivity index (χ1v) is 6.47. The fourth-order valence-corrected chi connectivity index (χ4v) is 2.02. The lowest BCUT2D eigenvalue weighted by atomic mass is 10.00. The highest BCUT2D eigenvalue weighted by Crippen LogP contribution is 2.24. The number of benzene rings is 1. The lowest BCUT2D eigenvalue weighted by molar-refractivity contribution is -0.384. The van der Waals surface area contributed by atoms with Crippen LogP contribution in [0.1, 0.15) is 26.2 Å². The van der Waals surface area contributed by atoms with Crippen molar-refractivity contribution in [2.45, 2.75) is 26.2 Å². The Kier molecular flexibility index (Phi) is 6.08. The Hall–Kier alpha value is -1.82. The van der Waals surface area contributed by atoms with Crippen LogP contribution >= 0.6 is 0 Å². The van der Waals surface area contributed by atoms with E-state index in [2.05, 4.69) is 12.2 Å². The van der Waals surface area contributed by atoms with E-state index in [9.17, 15) is 10.1 Å². The van der Waals surface area contributed by atoms with E-state index in [1.807, 2.05) is 0 Å². The van der Waals surface area contributed by atoms with E-state index in [0.29, 0.717) is 23.8 Å². The van der Waals surface area contributed by atoms with E-state index in [0.717, 1.165) is 19.3 Å². The molecule has 1 aromatic carbocycles. The van der Waals surface area contributed by atoms with Crippen molar-refractivity contribution < 1.29 is 10.0 Å². The molecule has 0 heterocycles. The molecule has 6 heteroatoms. The normalized spacial score (nSPS) is 12.1. The number of nitrogens with two attached hydrogens (primary N) is 1. The fourth-order valence-electron chi connectivity index (χ4n) is 2.02. The highest BCUT2D eigenvalue weighted by atomic mass is 16.6. The minimum Gasteiger partial charge on any atom is -0.397 e. The van der Waals surface area contributed by atoms with Crippen LogP contribution in [-0.4, -0.2) is 23.2 Å². The van der Waals surface area contributed by atoms with E-state index in [4.69, 9.17) is 10.8 Å². The molecule has 19 heavy (non-hydrogen) atoms. The summed E-state index contributed by atoms with van der Waals surface area (Å²) in [4.78, 5) is 10.1. The molecule has 1 rings (SSSR count). The lowest BCUT2D eigenvalue weighted by Gasteiger charge is -2.17. The Labute approximate surface area is 112 Å². The van der Waals surface area contributed by atoms with Crippen molar-refractivity contribution in [3.05, 3.63) is 28.3 Å². The highest BCUT2D eigenvalue weighted by molar-refractivity contribution is 5.69. The van der Waals surface area contributed by atoms with Crippen molar-refractivity contribution in [1.29, 1.82) is 0 Å². The third-order valence-electron chi connectivity index (χ3n) is 3.06. The second-order valence-corrected chi connectivity index (χ2v) is 4.58. The molecule has 0 aliphatic carbocycles. The molecule has 0 bridgehead atoms. The summed E-state index contributed by atoms with van der Waals surface area (Å²) in [7, 11) is 0. The van der Waals surface area contributed by atoms with E-state index in [1.54, 1.807) is 6.07 Å². The number of nitrogen functional groups attached to an aromatic ring is 1. The molecule has 0 saturated heterocycles. The average molecular weight is 267 g/mol. The van der Waals surface area contributed by atoms with Gasteiger partial charge < -0.3 is 16.2 Å². The van der Waals surface area contributed by atoms with Crippen molar-refractivity contribution in [2.75, 3.05) is 24.2 Å². The molecule has 6 nitrogen and oxygen atoms in total. The maximum atomic E-state index is 10.6. The van der Waals surface area contributed by atoms with Gasteiger partial charge in [0.15, 0.2) is 0 Å². The molecule has 0 aromatic heterocycles. The van der Waals surface area contributed by atoms with Crippen molar-refractivity contribution in [2.24, 2.45) is 5.92 Å². The zero-order valence-corrected chi connectivity index (χ0v) is 11.1. The topological polar surface area (TPSA) is 101 Å². The molecule has 1 atom stereocenters. The molecule has 1 aromatic rings. The first-order valence-electron chi connectivity index (χ1n) is 6.47. The van der Waals surface area contributed by atoms with Crippen molar-refractivity contribution in [3.8, 4) is 0 Å². The third-order valence-corrected chi connectivity index (χ3v) is 3.06. The molecule has 106 valence electrons. The molecule has 0 amide bonds. The summed E-state index contributed by atoms with van der Waals surface area (Å²) in [5.74, 6) is 0.379. The molecular formula is C13H21N3O3. The van der Waals surface area contributed by atoms with E-state index < -0.39 is 4.92 Å². The summed E-state index contributed by atoms with van der Waals surface area (Å²) in [6.45, 7) is 2.98. The number of nitro groups is 1. The number of nitrogens with one attached hydrogen (secondary N) is 1. The van der Waals surface area contributed by atoms with Gasteiger partial charge >= 0.3 is 0 Å². The minimum atomic E-state index is -0.466. The van der Waals surface area contributed by atoms with Gasteiger partial charge in [0.25, 0.3) is 5.69 Å². The molecule has 0 radical (unpaired) electrons.